The number of carbonyl (C=O) groups is 1. The lowest BCUT2D eigenvalue weighted by Crippen LogP contribution is -2.49. The number of likely N-dealkylation sites (tertiary alicyclic amines) is 1. The molecule has 2 saturated heterocycles. The Bertz CT molecular complexity index is 657. The molecule has 2 aliphatic rings. The number of piperidine rings is 1. The summed E-state index contributed by atoms with van der Waals surface area (Å²) in [6.45, 7) is 9.85. The fraction of sp³-hybridized carbons (Fsp3) is 0.682. The second-order valence-electron chi connectivity index (χ2n) is 8.21. The highest BCUT2D eigenvalue weighted by Crippen LogP contribution is 2.24. The molecule has 156 valence electrons. The average Bonchev–Trinajstić information content (AvgIpc) is 2.66. The molecule has 1 aromatic carbocycles. The number of benzene rings is 1. The summed E-state index contributed by atoms with van der Waals surface area (Å²) in [5, 5.41) is 3.02. The quantitative estimate of drug-likeness (QED) is 0.808. The summed E-state index contributed by atoms with van der Waals surface area (Å²) >= 11 is 0. The number of hydrogen-bond acceptors (Lipinski definition) is 4. The standard InChI is InChI=1S/C22H34FN3O2/c1-4-10-25-11-6-5-7-21(25)22(27)24-13-18-8-9-20(19(23)12-18)26-14-16(2)28-17(3)15-26/h8-9,12,16-17,21H,4-7,10-11,13-15H2,1-3H3,(H,24,27). The maximum absolute atomic E-state index is 14.7. The number of rotatable bonds is 6. The van der Waals surface area contributed by atoms with Gasteiger partial charge in [-0.3, -0.25) is 9.69 Å². The molecule has 5 nitrogen and oxygen atoms in total. The Morgan fingerprint density at radius 1 is 1.25 bits per heavy atom. The minimum atomic E-state index is -0.238. The third kappa shape index (κ3) is 5.23. The Balaban J connectivity index is 1.59. The van der Waals surface area contributed by atoms with Crippen molar-refractivity contribution in [2.75, 3.05) is 31.1 Å². The van der Waals surface area contributed by atoms with Gasteiger partial charge in [-0.2, -0.15) is 0 Å². The predicted molar refractivity (Wildman–Crippen MR) is 110 cm³/mol. The third-order valence-electron chi connectivity index (χ3n) is 5.67. The van der Waals surface area contributed by atoms with Crippen LogP contribution in [0.25, 0.3) is 0 Å². The summed E-state index contributed by atoms with van der Waals surface area (Å²) < 4.78 is 20.5. The van der Waals surface area contributed by atoms with E-state index in [0.717, 1.165) is 44.3 Å². The second kappa shape index (κ2) is 9.70. The first-order chi connectivity index (χ1) is 13.5. The number of nitrogens with one attached hydrogen (secondary N) is 1. The number of ether oxygens (including phenoxy) is 1. The van der Waals surface area contributed by atoms with Gasteiger partial charge in [0.15, 0.2) is 0 Å². The lowest BCUT2D eigenvalue weighted by Gasteiger charge is -2.37. The lowest BCUT2D eigenvalue weighted by atomic mass is 10.0. The van der Waals surface area contributed by atoms with Gasteiger partial charge in [-0.05, 0) is 63.9 Å². The first-order valence-corrected chi connectivity index (χ1v) is 10.7. The molecule has 0 radical (unpaired) electrons. The van der Waals surface area contributed by atoms with Gasteiger partial charge in [-0.25, -0.2) is 4.39 Å². The maximum Gasteiger partial charge on any atom is 0.237 e. The van der Waals surface area contributed by atoms with Crippen LogP contribution in [0.3, 0.4) is 0 Å². The van der Waals surface area contributed by atoms with Crippen LogP contribution >= 0.6 is 0 Å². The first kappa shape index (κ1) is 21.1. The lowest BCUT2D eigenvalue weighted by molar-refractivity contribution is -0.127. The highest BCUT2D eigenvalue weighted by Gasteiger charge is 2.28. The van der Waals surface area contributed by atoms with Gasteiger partial charge in [0.25, 0.3) is 0 Å². The Hall–Kier alpha value is -1.66. The molecule has 2 fully saturated rings. The highest BCUT2D eigenvalue weighted by molar-refractivity contribution is 5.81. The molecule has 6 heteroatoms. The fourth-order valence-electron chi connectivity index (χ4n) is 4.44. The smallest absolute Gasteiger partial charge is 0.237 e. The minimum absolute atomic E-state index is 0.0471. The topological polar surface area (TPSA) is 44.8 Å². The van der Waals surface area contributed by atoms with Gasteiger partial charge < -0.3 is 15.0 Å². The second-order valence-corrected chi connectivity index (χ2v) is 8.21. The number of anilines is 1. The SMILES string of the molecule is CCCN1CCCCC1C(=O)NCc1ccc(N2CC(C)OC(C)C2)c(F)c1. The van der Waals surface area contributed by atoms with Crippen molar-refractivity contribution in [3.05, 3.63) is 29.6 Å². The number of halogens is 1. The highest BCUT2D eigenvalue weighted by atomic mass is 19.1. The fourth-order valence-corrected chi connectivity index (χ4v) is 4.44. The molecule has 28 heavy (non-hydrogen) atoms. The normalized spacial score (nSPS) is 26.3. The summed E-state index contributed by atoms with van der Waals surface area (Å²) in [6, 6.07) is 5.24. The largest absolute Gasteiger partial charge is 0.372 e. The van der Waals surface area contributed by atoms with Crippen LogP contribution in [0.15, 0.2) is 18.2 Å². The molecule has 3 atom stereocenters. The zero-order valence-electron chi connectivity index (χ0n) is 17.4. The van der Waals surface area contributed by atoms with E-state index in [9.17, 15) is 9.18 Å². The van der Waals surface area contributed by atoms with E-state index in [-0.39, 0.29) is 30.0 Å². The van der Waals surface area contributed by atoms with Gasteiger partial charge in [0.05, 0.1) is 23.9 Å². The summed E-state index contributed by atoms with van der Waals surface area (Å²) in [7, 11) is 0. The van der Waals surface area contributed by atoms with Crippen LogP contribution < -0.4 is 10.2 Å². The molecule has 0 aromatic heterocycles. The van der Waals surface area contributed by atoms with E-state index in [4.69, 9.17) is 4.74 Å². The van der Waals surface area contributed by atoms with Crippen LogP contribution in [0.1, 0.15) is 52.0 Å². The average molecular weight is 392 g/mol. The van der Waals surface area contributed by atoms with Crippen molar-refractivity contribution < 1.29 is 13.9 Å². The summed E-state index contributed by atoms with van der Waals surface area (Å²) in [4.78, 5) is 17.0. The summed E-state index contributed by atoms with van der Waals surface area (Å²) in [6.07, 6.45) is 4.39. The maximum atomic E-state index is 14.7. The molecular weight excluding hydrogens is 357 g/mol. The van der Waals surface area contributed by atoms with Gasteiger partial charge in [0.2, 0.25) is 5.91 Å². The van der Waals surface area contributed by atoms with Crippen molar-refractivity contribution in [1.82, 2.24) is 10.2 Å². The van der Waals surface area contributed by atoms with Crippen LogP contribution in [-0.2, 0) is 16.1 Å². The van der Waals surface area contributed by atoms with Gasteiger partial charge >= 0.3 is 0 Å². The van der Waals surface area contributed by atoms with Crippen LogP contribution in [-0.4, -0.2) is 55.2 Å². The Morgan fingerprint density at radius 2 is 2.00 bits per heavy atom. The predicted octanol–water partition coefficient (Wildman–Crippen LogP) is 3.32. The van der Waals surface area contributed by atoms with Gasteiger partial charge in [-0.1, -0.05) is 19.4 Å². The first-order valence-electron chi connectivity index (χ1n) is 10.7. The molecule has 2 aliphatic heterocycles. The Kier molecular flexibility index (Phi) is 7.30. The number of amides is 1. The third-order valence-corrected chi connectivity index (χ3v) is 5.67. The van der Waals surface area contributed by atoms with Crippen LogP contribution in [0.2, 0.25) is 0 Å². The van der Waals surface area contributed by atoms with Crippen molar-refractivity contribution in [1.29, 1.82) is 0 Å². The molecule has 0 saturated carbocycles. The molecule has 3 unspecified atom stereocenters. The Labute approximate surface area is 168 Å². The zero-order valence-corrected chi connectivity index (χ0v) is 17.4. The van der Waals surface area contributed by atoms with E-state index in [0.29, 0.717) is 25.3 Å². The van der Waals surface area contributed by atoms with Crippen LogP contribution in [0.5, 0.6) is 0 Å². The van der Waals surface area contributed by atoms with E-state index in [1.807, 2.05) is 30.9 Å². The van der Waals surface area contributed by atoms with E-state index < -0.39 is 0 Å². The van der Waals surface area contributed by atoms with E-state index in [2.05, 4.69) is 17.1 Å². The molecule has 0 aliphatic carbocycles. The van der Waals surface area contributed by atoms with Gasteiger partial charge in [0, 0.05) is 19.6 Å². The number of nitrogens with zero attached hydrogens (tertiary/aromatic N) is 2. The zero-order chi connectivity index (χ0) is 20.1. The van der Waals surface area contributed by atoms with Crippen LogP contribution in [0, 0.1) is 5.82 Å². The summed E-state index contributed by atoms with van der Waals surface area (Å²) in [5.41, 5.74) is 1.40. The van der Waals surface area contributed by atoms with Crippen molar-refractivity contribution >= 4 is 11.6 Å². The van der Waals surface area contributed by atoms with Crippen molar-refractivity contribution in [3.63, 3.8) is 0 Å². The number of morpholine rings is 1. The van der Waals surface area contributed by atoms with Gasteiger partial charge in [-0.15, -0.1) is 0 Å². The molecule has 1 aromatic rings. The van der Waals surface area contributed by atoms with Crippen molar-refractivity contribution in [3.8, 4) is 0 Å². The Morgan fingerprint density at radius 3 is 2.68 bits per heavy atom. The van der Waals surface area contributed by atoms with E-state index >= 15 is 0 Å². The number of hydrogen-bond donors (Lipinski definition) is 1. The number of carbonyl (C=O) groups excluding carboxylic acids is 1. The molecular formula is C22H34FN3O2. The molecule has 1 amide bonds. The molecule has 0 spiro atoms. The van der Waals surface area contributed by atoms with Crippen molar-refractivity contribution in [2.24, 2.45) is 0 Å². The molecule has 2 heterocycles. The molecule has 1 N–H and O–H groups in total. The molecule has 0 bridgehead atoms. The van der Waals surface area contributed by atoms with Gasteiger partial charge in [0.1, 0.15) is 5.82 Å². The molecule has 3 rings (SSSR count). The van der Waals surface area contributed by atoms with E-state index in [1.54, 1.807) is 6.07 Å². The summed E-state index contributed by atoms with van der Waals surface area (Å²) in [5.74, 6) is -0.174. The van der Waals surface area contributed by atoms with Crippen molar-refractivity contribution in [2.45, 2.75) is 71.2 Å². The minimum Gasteiger partial charge on any atom is -0.372 e. The van der Waals surface area contributed by atoms with E-state index in [1.165, 1.54) is 0 Å². The van der Waals surface area contributed by atoms with Crippen LogP contribution in [0.4, 0.5) is 10.1 Å². The monoisotopic (exact) mass is 391 g/mol.